The van der Waals surface area contributed by atoms with Crippen LogP contribution >= 0.6 is 15.9 Å². The minimum Gasteiger partial charge on any atom is -0.490 e. The van der Waals surface area contributed by atoms with Crippen LogP contribution in [0.1, 0.15) is 35.3 Å². The first-order valence-corrected chi connectivity index (χ1v) is 8.73. The summed E-state index contributed by atoms with van der Waals surface area (Å²) in [5.74, 6) is 0.982. The maximum absolute atomic E-state index is 12.6. The highest BCUT2D eigenvalue weighted by molar-refractivity contribution is 9.10. The van der Waals surface area contributed by atoms with E-state index in [1.165, 1.54) is 0 Å². The summed E-state index contributed by atoms with van der Waals surface area (Å²) in [4.78, 5) is 12.6. The first-order valence-electron chi connectivity index (χ1n) is 7.94. The van der Waals surface area contributed by atoms with Crippen LogP contribution in [0.3, 0.4) is 0 Å². The number of halogens is 1. The van der Waals surface area contributed by atoms with Gasteiger partial charge in [0.2, 0.25) is 0 Å². The summed E-state index contributed by atoms with van der Waals surface area (Å²) in [6.45, 7) is 8.78. The van der Waals surface area contributed by atoms with Gasteiger partial charge >= 0.3 is 0 Å². The molecule has 0 radical (unpaired) electrons. The van der Waals surface area contributed by atoms with Crippen LogP contribution in [-0.2, 0) is 0 Å². The highest BCUT2D eigenvalue weighted by atomic mass is 79.9. The number of benzene rings is 2. The molecule has 0 aliphatic heterocycles. The van der Waals surface area contributed by atoms with Crippen LogP contribution in [0.4, 0.5) is 5.69 Å². The van der Waals surface area contributed by atoms with Gasteiger partial charge in [0, 0.05) is 11.3 Å². The molecule has 0 spiro atoms. The van der Waals surface area contributed by atoms with Crippen molar-refractivity contribution < 1.29 is 14.3 Å². The fourth-order valence-corrected chi connectivity index (χ4v) is 2.87. The summed E-state index contributed by atoms with van der Waals surface area (Å²) in [6.07, 6.45) is 0. The molecule has 0 saturated carbocycles. The molecule has 0 aromatic heterocycles. The second-order valence-electron chi connectivity index (χ2n) is 5.42. The standard InChI is InChI=1S/C19H22BrNO3/c1-5-23-17-11-14(10-15(20)18(17)24-6-2)19(22)21-16-9-12(3)7-8-13(16)4/h7-11H,5-6H2,1-4H3,(H,21,22). The Morgan fingerprint density at radius 1 is 1.08 bits per heavy atom. The quantitative estimate of drug-likeness (QED) is 0.743. The minimum atomic E-state index is -0.187. The third-order valence-electron chi connectivity index (χ3n) is 3.50. The molecule has 0 fully saturated rings. The zero-order valence-electron chi connectivity index (χ0n) is 14.4. The second kappa shape index (κ2) is 8.20. The monoisotopic (exact) mass is 391 g/mol. The number of anilines is 1. The zero-order valence-corrected chi connectivity index (χ0v) is 16.0. The van der Waals surface area contributed by atoms with E-state index in [1.807, 2.05) is 45.9 Å². The number of nitrogens with one attached hydrogen (secondary N) is 1. The summed E-state index contributed by atoms with van der Waals surface area (Å²) >= 11 is 3.46. The lowest BCUT2D eigenvalue weighted by Gasteiger charge is -2.15. The topological polar surface area (TPSA) is 47.6 Å². The fourth-order valence-electron chi connectivity index (χ4n) is 2.31. The van der Waals surface area contributed by atoms with Crippen molar-refractivity contribution in [2.45, 2.75) is 27.7 Å². The minimum absolute atomic E-state index is 0.187. The molecule has 1 amide bonds. The Morgan fingerprint density at radius 2 is 1.79 bits per heavy atom. The molecule has 2 aromatic rings. The number of carbonyl (C=O) groups excluding carboxylic acids is 1. The van der Waals surface area contributed by atoms with E-state index in [1.54, 1.807) is 12.1 Å². The first kappa shape index (κ1) is 18.3. The SMILES string of the molecule is CCOc1cc(C(=O)Nc2cc(C)ccc2C)cc(Br)c1OCC. The van der Waals surface area contributed by atoms with Crippen LogP contribution < -0.4 is 14.8 Å². The lowest BCUT2D eigenvalue weighted by Crippen LogP contribution is -2.13. The van der Waals surface area contributed by atoms with Crippen LogP contribution in [-0.4, -0.2) is 19.1 Å². The lowest BCUT2D eigenvalue weighted by atomic mass is 10.1. The largest absolute Gasteiger partial charge is 0.490 e. The number of hydrogen-bond acceptors (Lipinski definition) is 3. The van der Waals surface area contributed by atoms with Crippen LogP contribution in [0, 0.1) is 13.8 Å². The van der Waals surface area contributed by atoms with Gasteiger partial charge in [-0.2, -0.15) is 0 Å². The summed E-state index contributed by atoms with van der Waals surface area (Å²) in [7, 11) is 0. The average molecular weight is 392 g/mol. The van der Waals surface area contributed by atoms with E-state index in [0.29, 0.717) is 34.7 Å². The molecule has 0 heterocycles. The molecule has 0 unspecified atom stereocenters. The predicted octanol–water partition coefficient (Wildman–Crippen LogP) is 5.12. The van der Waals surface area contributed by atoms with E-state index in [0.717, 1.165) is 16.8 Å². The average Bonchev–Trinajstić information content (AvgIpc) is 2.54. The van der Waals surface area contributed by atoms with Gasteiger partial charge in [-0.25, -0.2) is 0 Å². The van der Waals surface area contributed by atoms with E-state index in [4.69, 9.17) is 9.47 Å². The molecule has 0 aliphatic rings. The van der Waals surface area contributed by atoms with Crippen molar-refractivity contribution in [3.8, 4) is 11.5 Å². The summed E-state index contributed by atoms with van der Waals surface area (Å²) in [5.41, 5.74) is 3.43. The molecule has 128 valence electrons. The lowest BCUT2D eigenvalue weighted by molar-refractivity contribution is 0.102. The number of carbonyl (C=O) groups is 1. The van der Waals surface area contributed by atoms with Gasteiger partial charge in [0.15, 0.2) is 11.5 Å². The van der Waals surface area contributed by atoms with Crippen LogP contribution in [0.15, 0.2) is 34.8 Å². The smallest absolute Gasteiger partial charge is 0.255 e. The highest BCUT2D eigenvalue weighted by Crippen LogP contribution is 2.37. The Labute approximate surface area is 151 Å². The Kier molecular flexibility index (Phi) is 6.26. The predicted molar refractivity (Wildman–Crippen MR) is 100 cm³/mol. The first-order chi connectivity index (χ1) is 11.5. The highest BCUT2D eigenvalue weighted by Gasteiger charge is 2.16. The van der Waals surface area contributed by atoms with Gasteiger partial charge < -0.3 is 14.8 Å². The van der Waals surface area contributed by atoms with Crippen molar-refractivity contribution in [1.29, 1.82) is 0 Å². The van der Waals surface area contributed by atoms with Crippen LogP contribution in [0.25, 0.3) is 0 Å². The maximum Gasteiger partial charge on any atom is 0.255 e. The number of aryl methyl sites for hydroxylation is 2. The van der Waals surface area contributed by atoms with Crippen molar-refractivity contribution in [3.05, 3.63) is 51.5 Å². The van der Waals surface area contributed by atoms with Gasteiger partial charge in [-0.3, -0.25) is 4.79 Å². The molecule has 2 rings (SSSR count). The van der Waals surface area contributed by atoms with Gasteiger partial charge in [0.1, 0.15) is 0 Å². The maximum atomic E-state index is 12.6. The third kappa shape index (κ3) is 4.29. The van der Waals surface area contributed by atoms with Gasteiger partial charge in [0.05, 0.1) is 17.7 Å². The summed E-state index contributed by atoms with van der Waals surface area (Å²) < 4.78 is 11.9. The Morgan fingerprint density at radius 3 is 2.46 bits per heavy atom. The molecule has 24 heavy (non-hydrogen) atoms. The van der Waals surface area contributed by atoms with Crippen molar-refractivity contribution in [3.63, 3.8) is 0 Å². The van der Waals surface area contributed by atoms with Crippen molar-refractivity contribution in [1.82, 2.24) is 0 Å². The van der Waals surface area contributed by atoms with E-state index in [9.17, 15) is 4.79 Å². The molecular weight excluding hydrogens is 370 g/mol. The number of ether oxygens (including phenoxy) is 2. The van der Waals surface area contributed by atoms with Gasteiger partial charge in [0.25, 0.3) is 5.91 Å². The Hall–Kier alpha value is -2.01. The second-order valence-corrected chi connectivity index (χ2v) is 6.28. The molecule has 2 aromatic carbocycles. The summed E-state index contributed by atoms with van der Waals surface area (Å²) in [6, 6.07) is 9.42. The van der Waals surface area contributed by atoms with E-state index >= 15 is 0 Å². The van der Waals surface area contributed by atoms with E-state index in [-0.39, 0.29) is 5.91 Å². The van der Waals surface area contributed by atoms with Crippen molar-refractivity contribution in [2.75, 3.05) is 18.5 Å². The molecular formula is C19H22BrNO3. The van der Waals surface area contributed by atoms with Crippen LogP contribution in [0.5, 0.6) is 11.5 Å². The molecule has 0 bridgehead atoms. The molecule has 1 N–H and O–H groups in total. The van der Waals surface area contributed by atoms with E-state index in [2.05, 4.69) is 21.2 Å². The molecule has 5 heteroatoms. The van der Waals surface area contributed by atoms with E-state index < -0.39 is 0 Å². The number of hydrogen-bond donors (Lipinski definition) is 1. The zero-order chi connectivity index (χ0) is 17.7. The van der Waals surface area contributed by atoms with Crippen molar-refractivity contribution >= 4 is 27.5 Å². The van der Waals surface area contributed by atoms with Gasteiger partial charge in [-0.05, 0) is 73.0 Å². The molecule has 0 atom stereocenters. The van der Waals surface area contributed by atoms with Crippen LogP contribution in [0.2, 0.25) is 0 Å². The number of amides is 1. The molecule has 4 nitrogen and oxygen atoms in total. The molecule has 0 aliphatic carbocycles. The third-order valence-corrected chi connectivity index (χ3v) is 4.09. The van der Waals surface area contributed by atoms with Gasteiger partial charge in [-0.1, -0.05) is 12.1 Å². The summed E-state index contributed by atoms with van der Waals surface area (Å²) in [5, 5.41) is 2.96. The van der Waals surface area contributed by atoms with Crippen molar-refractivity contribution in [2.24, 2.45) is 0 Å². The Bertz CT molecular complexity index is 744. The normalized spacial score (nSPS) is 10.4. The Balaban J connectivity index is 2.33. The van der Waals surface area contributed by atoms with Gasteiger partial charge in [-0.15, -0.1) is 0 Å². The number of rotatable bonds is 6. The fraction of sp³-hybridized carbons (Fsp3) is 0.316. The molecule has 0 saturated heterocycles.